The van der Waals surface area contributed by atoms with E-state index in [-0.39, 0.29) is 0 Å². The summed E-state index contributed by atoms with van der Waals surface area (Å²) in [6.45, 7) is 15.4. The highest BCUT2D eigenvalue weighted by Gasteiger charge is 2.60. The molecule has 29 heavy (non-hydrogen) atoms. The standard InChI is InChI=1S/C29H52/c1-7-22(20(2)3)12-11-21(4)25-15-16-26-24-14-13-23-10-8-9-18-28(23,5)27(24)17-19-29(25,26)6/h20-27H,7-19H2,1-6H3/t21-,22+,23+,24-,25+,26+,27-,28-,29+/m0/s1. The average Bonchev–Trinajstić information content (AvgIpc) is 3.05. The highest BCUT2D eigenvalue weighted by Crippen LogP contribution is 2.68. The van der Waals surface area contributed by atoms with E-state index in [0.29, 0.717) is 10.8 Å². The van der Waals surface area contributed by atoms with E-state index in [4.69, 9.17) is 0 Å². The molecule has 4 aliphatic rings. The van der Waals surface area contributed by atoms with Crippen LogP contribution in [0.3, 0.4) is 0 Å². The van der Waals surface area contributed by atoms with Gasteiger partial charge in [0.2, 0.25) is 0 Å². The van der Waals surface area contributed by atoms with Crippen molar-refractivity contribution in [3.63, 3.8) is 0 Å². The molecule has 0 radical (unpaired) electrons. The molecule has 4 rings (SSSR count). The van der Waals surface area contributed by atoms with Crippen LogP contribution in [-0.4, -0.2) is 0 Å². The van der Waals surface area contributed by atoms with Gasteiger partial charge in [-0.1, -0.05) is 67.2 Å². The smallest absolute Gasteiger partial charge is 0.0264 e. The first-order valence-electron chi connectivity index (χ1n) is 13.8. The number of hydrogen-bond donors (Lipinski definition) is 0. The summed E-state index contributed by atoms with van der Waals surface area (Å²) in [5, 5.41) is 0. The van der Waals surface area contributed by atoms with E-state index in [0.717, 1.165) is 47.3 Å². The van der Waals surface area contributed by atoms with Gasteiger partial charge in [-0.05, 0) is 116 Å². The fourth-order valence-electron chi connectivity index (χ4n) is 9.96. The summed E-state index contributed by atoms with van der Waals surface area (Å²) in [4.78, 5) is 0. The van der Waals surface area contributed by atoms with Gasteiger partial charge in [-0.2, -0.15) is 0 Å². The van der Waals surface area contributed by atoms with Crippen LogP contribution in [0.25, 0.3) is 0 Å². The van der Waals surface area contributed by atoms with E-state index in [1.54, 1.807) is 51.4 Å². The summed E-state index contributed by atoms with van der Waals surface area (Å²) in [5.74, 6) is 8.02. The second-order valence-electron chi connectivity index (χ2n) is 13.1. The minimum atomic E-state index is 0.665. The maximum Gasteiger partial charge on any atom is -0.0264 e. The van der Waals surface area contributed by atoms with Crippen LogP contribution >= 0.6 is 0 Å². The first-order chi connectivity index (χ1) is 13.8. The summed E-state index contributed by atoms with van der Waals surface area (Å²) in [5.41, 5.74) is 1.37. The number of fused-ring (bicyclic) bond motifs is 5. The van der Waals surface area contributed by atoms with E-state index in [9.17, 15) is 0 Å². The Morgan fingerprint density at radius 3 is 2.24 bits per heavy atom. The molecule has 0 nitrogen and oxygen atoms in total. The summed E-state index contributed by atoms with van der Waals surface area (Å²) in [6, 6.07) is 0. The van der Waals surface area contributed by atoms with E-state index in [2.05, 4.69) is 41.5 Å². The van der Waals surface area contributed by atoms with Crippen LogP contribution in [0.4, 0.5) is 0 Å². The molecule has 0 aliphatic heterocycles. The van der Waals surface area contributed by atoms with Gasteiger partial charge in [0.15, 0.2) is 0 Å². The van der Waals surface area contributed by atoms with Crippen molar-refractivity contribution in [2.24, 2.45) is 58.2 Å². The van der Waals surface area contributed by atoms with Crippen LogP contribution in [0.5, 0.6) is 0 Å². The third-order valence-corrected chi connectivity index (χ3v) is 11.8. The second-order valence-corrected chi connectivity index (χ2v) is 13.1. The van der Waals surface area contributed by atoms with E-state index >= 15 is 0 Å². The lowest BCUT2D eigenvalue weighted by atomic mass is 9.44. The first-order valence-corrected chi connectivity index (χ1v) is 13.8. The molecular weight excluding hydrogens is 348 g/mol. The van der Waals surface area contributed by atoms with Gasteiger partial charge in [-0.25, -0.2) is 0 Å². The van der Waals surface area contributed by atoms with Crippen molar-refractivity contribution in [1.82, 2.24) is 0 Å². The Morgan fingerprint density at radius 2 is 1.52 bits per heavy atom. The molecule has 0 spiro atoms. The molecule has 0 saturated heterocycles. The third-order valence-electron chi connectivity index (χ3n) is 11.8. The van der Waals surface area contributed by atoms with Crippen LogP contribution in [-0.2, 0) is 0 Å². The van der Waals surface area contributed by atoms with E-state index < -0.39 is 0 Å². The molecular formula is C29H52. The fourth-order valence-corrected chi connectivity index (χ4v) is 9.96. The predicted octanol–water partition coefficient (Wildman–Crippen LogP) is 9.13. The number of hydrogen-bond acceptors (Lipinski definition) is 0. The summed E-state index contributed by atoms with van der Waals surface area (Å²) < 4.78 is 0. The van der Waals surface area contributed by atoms with Crippen molar-refractivity contribution in [1.29, 1.82) is 0 Å². The molecule has 0 heteroatoms. The number of rotatable bonds is 6. The topological polar surface area (TPSA) is 0 Å². The SMILES string of the molecule is CC[C@H](CC[C@H](C)[C@H]1CC[C@@H]2[C@@H]3CC[C@H]4CCCC[C@]4(C)[C@H]3CC[C@@]21C)C(C)C. The Bertz CT molecular complexity index is 548. The molecule has 4 aliphatic carbocycles. The maximum absolute atomic E-state index is 2.76. The average molecular weight is 401 g/mol. The first kappa shape index (κ1) is 22.2. The zero-order chi connectivity index (χ0) is 20.8. The van der Waals surface area contributed by atoms with Crippen molar-refractivity contribution >= 4 is 0 Å². The van der Waals surface area contributed by atoms with Crippen LogP contribution in [0, 0.1) is 58.2 Å². The second kappa shape index (κ2) is 8.50. The fraction of sp³-hybridized carbons (Fsp3) is 1.00. The molecule has 0 aromatic carbocycles. The summed E-state index contributed by atoms with van der Waals surface area (Å²) >= 11 is 0. The largest absolute Gasteiger partial charge is 0.0651 e. The summed E-state index contributed by atoms with van der Waals surface area (Å²) in [7, 11) is 0. The normalized spacial score (nSPS) is 46.7. The summed E-state index contributed by atoms with van der Waals surface area (Å²) in [6.07, 6.45) is 19.8. The molecule has 4 fully saturated rings. The van der Waals surface area contributed by atoms with Crippen LogP contribution in [0.2, 0.25) is 0 Å². The van der Waals surface area contributed by atoms with Gasteiger partial charge in [-0.15, -0.1) is 0 Å². The minimum absolute atomic E-state index is 0.665. The Kier molecular flexibility index (Phi) is 6.51. The van der Waals surface area contributed by atoms with Crippen molar-refractivity contribution < 1.29 is 0 Å². The van der Waals surface area contributed by atoms with Crippen molar-refractivity contribution in [3.05, 3.63) is 0 Å². The Balaban J connectivity index is 1.45. The van der Waals surface area contributed by atoms with Crippen LogP contribution < -0.4 is 0 Å². The lowest BCUT2D eigenvalue weighted by Gasteiger charge is -2.61. The zero-order valence-corrected chi connectivity index (χ0v) is 20.8. The highest BCUT2D eigenvalue weighted by atomic mass is 14.6. The monoisotopic (exact) mass is 400 g/mol. The quantitative estimate of drug-likeness (QED) is 0.417. The minimum Gasteiger partial charge on any atom is -0.0651 e. The Hall–Kier alpha value is 0. The molecule has 0 amide bonds. The molecule has 9 atom stereocenters. The molecule has 0 heterocycles. The van der Waals surface area contributed by atoms with Gasteiger partial charge >= 0.3 is 0 Å². The molecule has 4 saturated carbocycles. The van der Waals surface area contributed by atoms with E-state index in [1.807, 2.05) is 0 Å². The van der Waals surface area contributed by atoms with Crippen molar-refractivity contribution in [3.8, 4) is 0 Å². The van der Waals surface area contributed by atoms with Crippen molar-refractivity contribution in [2.75, 3.05) is 0 Å². The lowest BCUT2D eigenvalue weighted by molar-refractivity contribution is -0.114. The van der Waals surface area contributed by atoms with Gasteiger partial charge in [0.1, 0.15) is 0 Å². The van der Waals surface area contributed by atoms with Gasteiger partial charge in [-0.3, -0.25) is 0 Å². The Labute approximate surface area is 183 Å². The molecule has 168 valence electrons. The maximum atomic E-state index is 2.76. The third kappa shape index (κ3) is 3.75. The van der Waals surface area contributed by atoms with E-state index in [1.165, 1.54) is 32.1 Å². The van der Waals surface area contributed by atoms with Crippen LogP contribution in [0.15, 0.2) is 0 Å². The molecule has 0 unspecified atom stereocenters. The van der Waals surface area contributed by atoms with Crippen LogP contribution in [0.1, 0.15) is 125 Å². The van der Waals surface area contributed by atoms with Gasteiger partial charge in [0, 0.05) is 0 Å². The lowest BCUT2D eigenvalue weighted by Crippen LogP contribution is -2.53. The molecule has 0 aromatic rings. The predicted molar refractivity (Wildman–Crippen MR) is 127 cm³/mol. The van der Waals surface area contributed by atoms with Gasteiger partial charge in [0.05, 0.1) is 0 Å². The van der Waals surface area contributed by atoms with Gasteiger partial charge < -0.3 is 0 Å². The zero-order valence-electron chi connectivity index (χ0n) is 20.8. The highest BCUT2D eigenvalue weighted by molar-refractivity contribution is 5.09. The Morgan fingerprint density at radius 1 is 0.759 bits per heavy atom. The van der Waals surface area contributed by atoms with Crippen molar-refractivity contribution in [2.45, 2.75) is 125 Å². The van der Waals surface area contributed by atoms with Gasteiger partial charge in [0.25, 0.3) is 0 Å². The molecule has 0 aromatic heterocycles. The molecule has 0 N–H and O–H groups in total. The molecule has 0 bridgehead atoms.